The molecule has 128 valence electrons. The molecular formula is C11H7F7N2O3. The topological polar surface area (TPSA) is 72.2 Å². The summed E-state index contributed by atoms with van der Waals surface area (Å²) in [6, 6.07) is 3.89. The van der Waals surface area contributed by atoms with Crippen molar-refractivity contribution in [1.29, 1.82) is 0 Å². The monoisotopic (exact) mass is 348 g/mol. The van der Waals surface area contributed by atoms with Gasteiger partial charge < -0.3 is 5.32 Å². The number of amides is 1. The lowest BCUT2D eigenvalue weighted by atomic mass is 10.1. The van der Waals surface area contributed by atoms with Crippen LogP contribution in [0.5, 0.6) is 0 Å². The molecule has 0 spiro atoms. The van der Waals surface area contributed by atoms with Crippen LogP contribution in [0.25, 0.3) is 0 Å². The number of carbonyl (C=O) groups excluding carboxylic acids is 1. The van der Waals surface area contributed by atoms with Gasteiger partial charge in [0.05, 0.1) is 4.92 Å². The van der Waals surface area contributed by atoms with E-state index in [9.17, 15) is 45.6 Å². The molecule has 23 heavy (non-hydrogen) atoms. The molecule has 0 unspecified atom stereocenters. The predicted octanol–water partition coefficient (Wildman–Crippen LogP) is 3.04. The maximum absolute atomic E-state index is 13.0. The van der Waals surface area contributed by atoms with Gasteiger partial charge in [-0.15, -0.1) is 0 Å². The smallest absolute Gasteiger partial charge is 0.347 e. The summed E-state index contributed by atoms with van der Waals surface area (Å²) in [6.07, 6.45) is -6.61. The maximum atomic E-state index is 13.0. The third-order valence-electron chi connectivity index (χ3n) is 2.64. The quantitative estimate of drug-likeness (QED) is 0.505. The molecule has 5 nitrogen and oxygen atoms in total. The third-order valence-corrected chi connectivity index (χ3v) is 2.64. The van der Waals surface area contributed by atoms with Crippen LogP contribution in [0.2, 0.25) is 0 Å². The number of hydrogen-bond acceptors (Lipinski definition) is 3. The molecule has 1 amide bonds. The van der Waals surface area contributed by atoms with Crippen molar-refractivity contribution in [2.45, 2.75) is 24.6 Å². The van der Waals surface area contributed by atoms with Gasteiger partial charge in [0.25, 0.3) is 11.6 Å². The van der Waals surface area contributed by atoms with E-state index >= 15 is 0 Å². The van der Waals surface area contributed by atoms with E-state index in [1.165, 1.54) is 5.32 Å². The van der Waals surface area contributed by atoms with Gasteiger partial charge in [-0.25, -0.2) is 0 Å². The van der Waals surface area contributed by atoms with Gasteiger partial charge in [-0.2, -0.15) is 30.7 Å². The number of nitro groups is 1. The van der Waals surface area contributed by atoms with Crippen molar-refractivity contribution in [2.24, 2.45) is 0 Å². The first-order valence-corrected chi connectivity index (χ1v) is 5.64. The summed E-state index contributed by atoms with van der Waals surface area (Å²) in [5.41, 5.74) is -0.385. The van der Waals surface area contributed by atoms with E-state index < -0.39 is 35.4 Å². The Labute approximate surface area is 123 Å². The Morgan fingerprint density at radius 1 is 1.04 bits per heavy atom. The molecule has 0 aromatic heterocycles. The molecular weight excluding hydrogens is 341 g/mol. The number of rotatable bonds is 5. The highest BCUT2D eigenvalue weighted by molar-refractivity contribution is 5.84. The van der Waals surface area contributed by atoms with Crippen molar-refractivity contribution in [3.8, 4) is 0 Å². The third kappa shape index (κ3) is 3.68. The SMILES string of the molecule is O=C(NCc1ccc([N+](=O)[O-])cc1)C(F)(F)C(F)(F)C(F)(F)F. The van der Waals surface area contributed by atoms with E-state index in [1.54, 1.807) is 0 Å². The predicted molar refractivity (Wildman–Crippen MR) is 60.9 cm³/mol. The fourth-order valence-corrected chi connectivity index (χ4v) is 1.35. The molecule has 12 heteroatoms. The van der Waals surface area contributed by atoms with Crippen LogP contribution >= 0.6 is 0 Å². The lowest BCUT2D eigenvalue weighted by molar-refractivity contribution is -0.384. The van der Waals surface area contributed by atoms with E-state index in [2.05, 4.69) is 0 Å². The van der Waals surface area contributed by atoms with E-state index in [0.717, 1.165) is 24.3 Å². The molecule has 0 aliphatic heterocycles. The van der Waals surface area contributed by atoms with Crippen LogP contribution < -0.4 is 5.32 Å². The van der Waals surface area contributed by atoms with E-state index in [4.69, 9.17) is 0 Å². The zero-order valence-electron chi connectivity index (χ0n) is 10.8. The first kappa shape index (κ1) is 18.6. The second-order valence-electron chi connectivity index (χ2n) is 4.25. The average Bonchev–Trinajstić information content (AvgIpc) is 2.43. The summed E-state index contributed by atoms with van der Waals surface area (Å²) >= 11 is 0. The zero-order valence-corrected chi connectivity index (χ0v) is 10.8. The molecule has 1 rings (SSSR count). The van der Waals surface area contributed by atoms with Gasteiger partial charge in [0, 0.05) is 18.7 Å². The highest BCUT2D eigenvalue weighted by Gasteiger charge is 2.76. The Balaban J connectivity index is 2.81. The Kier molecular flexibility index (Phi) is 4.87. The molecule has 1 N–H and O–H groups in total. The number of hydrogen-bond donors (Lipinski definition) is 1. The number of carbonyl (C=O) groups is 1. The zero-order chi connectivity index (χ0) is 18.1. The van der Waals surface area contributed by atoms with Crippen molar-refractivity contribution in [3.63, 3.8) is 0 Å². The van der Waals surface area contributed by atoms with Crippen molar-refractivity contribution < 1.29 is 40.5 Å². The minimum atomic E-state index is -6.61. The highest BCUT2D eigenvalue weighted by atomic mass is 19.4. The number of alkyl halides is 7. The maximum Gasteiger partial charge on any atom is 0.460 e. The second kappa shape index (κ2) is 6.01. The molecule has 0 saturated carbocycles. The van der Waals surface area contributed by atoms with Crippen LogP contribution in [0.4, 0.5) is 36.4 Å². The van der Waals surface area contributed by atoms with Crippen molar-refractivity contribution >= 4 is 11.6 Å². The molecule has 0 radical (unpaired) electrons. The van der Waals surface area contributed by atoms with Gasteiger partial charge in [0.1, 0.15) is 0 Å². The first-order chi connectivity index (χ1) is 10.3. The minimum absolute atomic E-state index is 0.0184. The largest absolute Gasteiger partial charge is 0.460 e. The van der Waals surface area contributed by atoms with Crippen LogP contribution in [-0.4, -0.2) is 28.9 Å². The molecule has 0 saturated heterocycles. The van der Waals surface area contributed by atoms with Crippen LogP contribution in [0.15, 0.2) is 24.3 Å². The van der Waals surface area contributed by atoms with Gasteiger partial charge in [-0.3, -0.25) is 14.9 Å². The number of nitrogens with one attached hydrogen (secondary N) is 1. The summed E-state index contributed by atoms with van der Waals surface area (Å²) < 4.78 is 86.9. The molecule has 0 heterocycles. The van der Waals surface area contributed by atoms with Crippen LogP contribution in [-0.2, 0) is 11.3 Å². The number of nitro benzene ring substituents is 1. The summed E-state index contributed by atoms with van der Waals surface area (Å²) in [4.78, 5) is 20.5. The summed E-state index contributed by atoms with van der Waals surface area (Å²) in [7, 11) is 0. The van der Waals surface area contributed by atoms with Gasteiger partial charge in [-0.1, -0.05) is 12.1 Å². The van der Waals surface area contributed by atoms with Gasteiger partial charge in [-0.05, 0) is 5.56 Å². The fourth-order valence-electron chi connectivity index (χ4n) is 1.35. The number of halogens is 7. The van der Waals surface area contributed by atoms with Crippen molar-refractivity contribution in [1.82, 2.24) is 5.32 Å². The normalized spacial score (nSPS) is 12.8. The molecule has 0 bridgehead atoms. The van der Waals surface area contributed by atoms with E-state index in [1.807, 2.05) is 0 Å². The van der Waals surface area contributed by atoms with E-state index in [0.29, 0.717) is 0 Å². The van der Waals surface area contributed by atoms with Crippen molar-refractivity contribution in [2.75, 3.05) is 0 Å². The lowest BCUT2D eigenvalue weighted by Crippen LogP contribution is -2.59. The Bertz CT molecular complexity index is 599. The van der Waals surface area contributed by atoms with Gasteiger partial charge in [0.2, 0.25) is 0 Å². The molecule has 1 aromatic rings. The summed E-state index contributed by atoms with van der Waals surface area (Å²) in [6.45, 7) is -0.819. The summed E-state index contributed by atoms with van der Waals surface area (Å²) in [5, 5.41) is 11.6. The standard InChI is InChI=1S/C11H7F7N2O3/c12-9(13,10(14,15)11(16,17)18)8(21)19-5-6-1-3-7(4-2-6)20(22)23/h1-4H,5H2,(H,19,21). The highest BCUT2D eigenvalue weighted by Crippen LogP contribution is 2.46. The molecule has 0 atom stereocenters. The minimum Gasteiger partial charge on any atom is -0.347 e. The van der Waals surface area contributed by atoms with Crippen LogP contribution in [0.3, 0.4) is 0 Å². The average molecular weight is 348 g/mol. The number of non-ortho nitro benzene ring substituents is 1. The van der Waals surface area contributed by atoms with Crippen molar-refractivity contribution in [3.05, 3.63) is 39.9 Å². The van der Waals surface area contributed by atoms with Crippen LogP contribution in [0.1, 0.15) is 5.56 Å². The molecule has 0 aliphatic rings. The second-order valence-corrected chi connectivity index (χ2v) is 4.25. The summed E-state index contributed by atoms with van der Waals surface area (Å²) in [5.74, 6) is -15.4. The number of nitrogens with zero attached hydrogens (tertiary/aromatic N) is 1. The molecule has 0 fully saturated rings. The lowest BCUT2D eigenvalue weighted by Gasteiger charge is -2.27. The molecule has 0 aliphatic carbocycles. The Morgan fingerprint density at radius 3 is 1.91 bits per heavy atom. The fraction of sp³-hybridized carbons (Fsp3) is 0.364. The molecule has 1 aromatic carbocycles. The Morgan fingerprint density at radius 2 is 1.52 bits per heavy atom. The first-order valence-electron chi connectivity index (χ1n) is 5.64. The van der Waals surface area contributed by atoms with Crippen LogP contribution in [0, 0.1) is 10.1 Å². The Hall–Kier alpha value is -2.40. The van der Waals surface area contributed by atoms with Gasteiger partial charge in [0.15, 0.2) is 0 Å². The van der Waals surface area contributed by atoms with E-state index in [-0.39, 0.29) is 11.3 Å². The van der Waals surface area contributed by atoms with Gasteiger partial charge >= 0.3 is 18.0 Å². The number of benzene rings is 1.